The Hall–Kier alpha value is -3.03. The van der Waals surface area contributed by atoms with Gasteiger partial charge in [0.05, 0.1) is 4.90 Å². The van der Waals surface area contributed by atoms with Gasteiger partial charge in [0.1, 0.15) is 11.3 Å². The Morgan fingerprint density at radius 2 is 1.77 bits per heavy atom. The molecule has 0 atom stereocenters. The minimum Gasteiger partial charge on any atom is -0.311 e. The third-order valence-electron chi connectivity index (χ3n) is 5.31. The van der Waals surface area contributed by atoms with Crippen molar-refractivity contribution in [3.05, 3.63) is 89.4 Å². The molecule has 6 nitrogen and oxygen atoms in total. The van der Waals surface area contributed by atoms with Crippen LogP contribution in [0.1, 0.15) is 22.5 Å². The molecule has 1 N–H and O–H groups in total. The average Bonchev–Trinajstić information content (AvgIpc) is 3.10. The van der Waals surface area contributed by atoms with Gasteiger partial charge >= 0.3 is 0 Å². The average molecular weight is 435 g/mol. The lowest BCUT2D eigenvalue weighted by atomic mass is 10.1. The van der Waals surface area contributed by atoms with Crippen molar-refractivity contribution in [1.82, 2.24) is 19.3 Å². The van der Waals surface area contributed by atoms with Gasteiger partial charge in [-0.3, -0.25) is 0 Å². The standard InChI is InChI=1S/C24H26N4O2S/c1-18-10-12-22(19(2)17-18)31(29,30)26-15-16-28-23(13-11-20-7-4-3-5-8-20)27-21-9-6-14-25-24(21)28/h3-10,12,14,17,26H,11,13,15-16H2,1-2H3. The molecule has 31 heavy (non-hydrogen) atoms. The number of aromatic nitrogens is 3. The lowest BCUT2D eigenvalue weighted by molar-refractivity contribution is 0.569. The minimum atomic E-state index is -3.59. The normalized spacial score (nSPS) is 11.8. The first kappa shape index (κ1) is 21.2. The molecule has 0 aliphatic carbocycles. The highest BCUT2D eigenvalue weighted by atomic mass is 32.2. The molecule has 0 unspecified atom stereocenters. The summed E-state index contributed by atoms with van der Waals surface area (Å²) in [5, 5.41) is 0. The Balaban J connectivity index is 1.52. The van der Waals surface area contributed by atoms with E-state index in [0.29, 0.717) is 11.4 Å². The van der Waals surface area contributed by atoms with Crippen LogP contribution in [0.5, 0.6) is 0 Å². The zero-order chi connectivity index (χ0) is 21.8. The van der Waals surface area contributed by atoms with Crippen LogP contribution in [-0.2, 0) is 29.4 Å². The van der Waals surface area contributed by atoms with Crippen LogP contribution in [0.2, 0.25) is 0 Å². The van der Waals surface area contributed by atoms with E-state index in [2.05, 4.69) is 21.8 Å². The molecule has 0 fully saturated rings. The Bertz CT molecular complexity index is 1300. The molecular formula is C24H26N4O2S. The topological polar surface area (TPSA) is 76.9 Å². The number of hydrogen-bond donors (Lipinski definition) is 1. The summed E-state index contributed by atoms with van der Waals surface area (Å²) in [6.45, 7) is 4.49. The molecule has 160 valence electrons. The predicted octanol–water partition coefficient (Wildman–Crippen LogP) is 3.81. The van der Waals surface area contributed by atoms with Gasteiger partial charge < -0.3 is 4.57 Å². The fourth-order valence-corrected chi connectivity index (χ4v) is 5.05. The largest absolute Gasteiger partial charge is 0.311 e. The summed E-state index contributed by atoms with van der Waals surface area (Å²) >= 11 is 0. The number of nitrogens with one attached hydrogen (secondary N) is 1. The van der Waals surface area contributed by atoms with Gasteiger partial charge in [0.2, 0.25) is 10.0 Å². The highest BCUT2D eigenvalue weighted by Crippen LogP contribution is 2.18. The van der Waals surface area contributed by atoms with Crippen molar-refractivity contribution in [2.45, 2.75) is 38.1 Å². The fraction of sp³-hybridized carbons (Fsp3) is 0.250. The van der Waals surface area contributed by atoms with Crippen LogP contribution in [0.25, 0.3) is 11.2 Å². The molecule has 2 aromatic heterocycles. The molecule has 0 aliphatic heterocycles. The zero-order valence-corrected chi connectivity index (χ0v) is 18.6. The van der Waals surface area contributed by atoms with E-state index in [9.17, 15) is 8.42 Å². The Morgan fingerprint density at radius 3 is 2.55 bits per heavy atom. The van der Waals surface area contributed by atoms with Crippen LogP contribution in [0.15, 0.2) is 71.8 Å². The summed E-state index contributed by atoms with van der Waals surface area (Å²) in [6.07, 6.45) is 3.35. The molecule has 4 aromatic rings. The van der Waals surface area contributed by atoms with Crippen LogP contribution in [0.3, 0.4) is 0 Å². The van der Waals surface area contributed by atoms with Crippen LogP contribution >= 0.6 is 0 Å². The van der Waals surface area contributed by atoms with Gasteiger partial charge in [-0.25, -0.2) is 23.1 Å². The van der Waals surface area contributed by atoms with E-state index in [4.69, 9.17) is 4.98 Å². The highest BCUT2D eigenvalue weighted by Gasteiger charge is 2.17. The molecule has 4 rings (SSSR count). The van der Waals surface area contributed by atoms with Crippen LogP contribution in [0.4, 0.5) is 0 Å². The van der Waals surface area contributed by atoms with Gasteiger partial charge in [-0.1, -0.05) is 48.0 Å². The van der Waals surface area contributed by atoms with E-state index < -0.39 is 10.0 Å². The third-order valence-corrected chi connectivity index (χ3v) is 6.93. The number of pyridine rings is 1. The van der Waals surface area contributed by atoms with Crippen molar-refractivity contribution in [3.63, 3.8) is 0 Å². The molecule has 0 bridgehead atoms. The molecule has 2 aromatic carbocycles. The molecular weight excluding hydrogens is 408 g/mol. The van der Waals surface area contributed by atoms with Crippen molar-refractivity contribution in [1.29, 1.82) is 0 Å². The zero-order valence-electron chi connectivity index (χ0n) is 17.7. The molecule has 0 radical (unpaired) electrons. The SMILES string of the molecule is Cc1ccc(S(=O)(=O)NCCn2c(CCc3ccccc3)nc3cccnc32)c(C)c1. The molecule has 0 amide bonds. The van der Waals surface area contributed by atoms with Gasteiger partial charge in [0, 0.05) is 25.7 Å². The summed E-state index contributed by atoms with van der Waals surface area (Å²) in [6, 6.07) is 19.4. The Kier molecular flexibility index (Phi) is 6.15. The molecule has 0 spiro atoms. The lowest BCUT2D eigenvalue weighted by Gasteiger charge is -2.12. The van der Waals surface area contributed by atoms with Crippen LogP contribution in [0, 0.1) is 13.8 Å². The summed E-state index contributed by atoms with van der Waals surface area (Å²) < 4.78 is 30.4. The van der Waals surface area contributed by atoms with E-state index in [1.807, 2.05) is 60.9 Å². The van der Waals surface area contributed by atoms with Crippen LogP contribution < -0.4 is 4.72 Å². The first-order valence-corrected chi connectivity index (χ1v) is 11.8. The number of fused-ring (bicyclic) bond motifs is 1. The quantitative estimate of drug-likeness (QED) is 0.457. The van der Waals surface area contributed by atoms with Gasteiger partial charge in [-0.15, -0.1) is 0 Å². The molecule has 0 saturated carbocycles. The minimum absolute atomic E-state index is 0.260. The number of nitrogens with zero attached hydrogens (tertiary/aromatic N) is 3. The van der Waals surface area contributed by atoms with Gasteiger partial charge in [0.15, 0.2) is 5.65 Å². The van der Waals surface area contributed by atoms with E-state index >= 15 is 0 Å². The second-order valence-electron chi connectivity index (χ2n) is 7.68. The van der Waals surface area contributed by atoms with Gasteiger partial charge in [0.25, 0.3) is 0 Å². The molecule has 0 saturated heterocycles. The van der Waals surface area contributed by atoms with E-state index in [1.54, 1.807) is 12.3 Å². The summed E-state index contributed by atoms with van der Waals surface area (Å²) in [5.41, 5.74) is 4.62. The molecule has 7 heteroatoms. The number of rotatable bonds is 8. The van der Waals surface area contributed by atoms with E-state index in [-0.39, 0.29) is 6.54 Å². The lowest BCUT2D eigenvalue weighted by Crippen LogP contribution is -2.28. The van der Waals surface area contributed by atoms with Crippen molar-refractivity contribution in [3.8, 4) is 0 Å². The molecule has 0 aliphatic rings. The smallest absolute Gasteiger partial charge is 0.240 e. The van der Waals surface area contributed by atoms with Crippen molar-refractivity contribution in [2.75, 3.05) is 6.54 Å². The number of aryl methyl sites for hydroxylation is 4. The number of hydrogen-bond acceptors (Lipinski definition) is 4. The summed E-state index contributed by atoms with van der Waals surface area (Å²) in [4.78, 5) is 9.54. The first-order chi connectivity index (χ1) is 14.9. The van der Waals surface area contributed by atoms with E-state index in [0.717, 1.165) is 41.0 Å². The maximum Gasteiger partial charge on any atom is 0.240 e. The number of benzene rings is 2. The molecule has 2 heterocycles. The number of imidazole rings is 1. The van der Waals surface area contributed by atoms with Gasteiger partial charge in [-0.05, 0) is 49.6 Å². The number of sulfonamides is 1. The second kappa shape index (κ2) is 8.99. The van der Waals surface area contributed by atoms with Gasteiger partial charge in [-0.2, -0.15) is 0 Å². The highest BCUT2D eigenvalue weighted by molar-refractivity contribution is 7.89. The fourth-order valence-electron chi connectivity index (χ4n) is 3.80. The van der Waals surface area contributed by atoms with Crippen LogP contribution in [-0.4, -0.2) is 29.5 Å². The Labute approximate surface area is 183 Å². The monoisotopic (exact) mass is 434 g/mol. The third kappa shape index (κ3) is 4.84. The predicted molar refractivity (Wildman–Crippen MR) is 122 cm³/mol. The van der Waals surface area contributed by atoms with Crippen molar-refractivity contribution in [2.24, 2.45) is 0 Å². The van der Waals surface area contributed by atoms with Crippen molar-refractivity contribution < 1.29 is 8.42 Å². The maximum atomic E-state index is 12.8. The summed E-state index contributed by atoms with van der Waals surface area (Å²) in [7, 11) is -3.59. The second-order valence-corrected chi connectivity index (χ2v) is 9.41. The Morgan fingerprint density at radius 1 is 0.968 bits per heavy atom. The van der Waals surface area contributed by atoms with Crippen molar-refractivity contribution >= 4 is 21.2 Å². The summed E-state index contributed by atoms with van der Waals surface area (Å²) in [5.74, 6) is 0.906. The first-order valence-electron chi connectivity index (χ1n) is 10.3. The van der Waals surface area contributed by atoms with E-state index in [1.165, 1.54) is 5.56 Å². The maximum absolute atomic E-state index is 12.8.